The van der Waals surface area contributed by atoms with Crippen LogP contribution in [0.1, 0.15) is 32.3 Å². The van der Waals surface area contributed by atoms with E-state index in [2.05, 4.69) is 15.3 Å². The van der Waals surface area contributed by atoms with E-state index >= 15 is 0 Å². The van der Waals surface area contributed by atoms with E-state index < -0.39 is 11.7 Å². The van der Waals surface area contributed by atoms with Gasteiger partial charge in [0.15, 0.2) is 0 Å². The lowest BCUT2D eigenvalue weighted by Crippen LogP contribution is -2.27. The van der Waals surface area contributed by atoms with Crippen molar-refractivity contribution in [1.82, 2.24) is 19.5 Å². The molecule has 1 N–H and O–H groups in total. The second-order valence-corrected chi connectivity index (χ2v) is 9.09. The predicted molar refractivity (Wildman–Crippen MR) is 132 cm³/mol. The summed E-state index contributed by atoms with van der Waals surface area (Å²) in [6.45, 7) is 5.49. The maximum Gasteiger partial charge on any atom is 0.412 e. The lowest BCUT2D eigenvalue weighted by molar-refractivity contribution is 0.0636. The zero-order valence-electron chi connectivity index (χ0n) is 20.1. The Morgan fingerprint density at radius 2 is 1.94 bits per heavy atom. The molecule has 34 heavy (non-hydrogen) atoms. The molecule has 0 saturated heterocycles. The molecule has 2 heterocycles. The summed E-state index contributed by atoms with van der Waals surface area (Å²) in [6.07, 6.45) is 6.38. The smallest absolute Gasteiger partial charge is 0.412 e. The quantitative estimate of drug-likeness (QED) is 0.428. The van der Waals surface area contributed by atoms with Crippen molar-refractivity contribution >= 4 is 22.6 Å². The standard InChI is InChI=1S/C26H29N5O3/c1-26(2,3)34-25(32)30-23-13-18(12-17-6-8-20(33-5)14-21(17)23)22-10-11-28-24(29-22)9-7-19-15-27-16-31(19)4/h6,8,10-16H,7,9H2,1-5H3,(H,30,32). The van der Waals surface area contributed by atoms with Crippen LogP contribution < -0.4 is 10.1 Å². The molecule has 0 fully saturated rings. The van der Waals surface area contributed by atoms with Crippen molar-refractivity contribution < 1.29 is 14.3 Å². The molecular formula is C26H29N5O3. The fourth-order valence-electron chi connectivity index (χ4n) is 3.67. The number of rotatable bonds is 6. The molecule has 0 unspecified atom stereocenters. The summed E-state index contributed by atoms with van der Waals surface area (Å²) in [6, 6.07) is 11.6. The monoisotopic (exact) mass is 459 g/mol. The van der Waals surface area contributed by atoms with E-state index in [0.29, 0.717) is 17.9 Å². The van der Waals surface area contributed by atoms with E-state index in [9.17, 15) is 4.79 Å². The minimum atomic E-state index is -0.607. The summed E-state index contributed by atoms with van der Waals surface area (Å²) in [5, 5.41) is 4.69. The molecule has 0 aliphatic rings. The average Bonchev–Trinajstić information content (AvgIpc) is 3.21. The first-order chi connectivity index (χ1) is 16.2. The molecule has 0 saturated carbocycles. The largest absolute Gasteiger partial charge is 0.497 e. The van der Waals surface area contributed by atoms with E-state index in [0.717, 1.165) is 40.0 Å². The van der Waals surface area contributed by atoms with Crippen molar-refractivity contribution in [2.24, 2.45) is 7.05 Å². The van der Waals surface area contributed by atoms with Gasteiger partial charge in [0.1, 0.15) is 17.2 Å². The number of aromatic nitrogens is 4. The van der Waals surface area contributed by atoms with Gasteiger partial charge in [0.05, 0.1) is 24.8 Å². The minimum Gasteiger partial charge on any atom is -0.497 e. The molecule has 0 aliphatic carbocycles. The van der Waals surface area contributed by atoms with Crippen LogP contribution in [0.25, 0.3) is 22.0 Å². The number of amides is 1. The van der Waals surface area contributed by atoms with E-state index in [1.165, 1.54) is 0 Å². The third kappa shape index (κ3) is 5.51. The Morgan fingerprint density at radius 1 is 1.12 bits per heavy atom. The van der Waals surface area contributed by atoms with Crippen LogP contribution in [-0.2, 0) is 24.6 Å². The van der Waals surface area contributed by atoms with Crippen molar-refractivity contribution in [3.05, 3.63) is 66.6 Å². The SMILES string of the molecule is COc1ccc2cc(-c3ccnc(CCc4cncn4C)n3)cc(NC(=O)OC(C)(C)C)c2c1. The minimum absolute atomic E-state index is 0.520. The lowest BCUT2D eigenvalue weighted by Gasteiger charge is -2.20. The number of carbonyl (C=O) groups excluding carboxylic acids is 1. The summed E-state index contributed by atoms with van der Waals surface area (Å²) in [7, 11) is 3.59. The third-order valence-corrected chi connectivity index (χ3v) is 5.32. The van der Waals surface area contributed by atoms with Gasteiger partial charge >= 0.3 is 6.09 Å². The van der Waals surface area contributed by atoms with Gasteiger partial charge in [0, 0.05) is 42.5 Å². The topological polar surface area (TPSA) is 91.2 Å². The van der Waals surface area contributed by atoms with Crippen molar-refractivity contribution in [1.29, 1.82) is 0 Å². The van der Waals surface area contributed by atoms with Gasteiger partial charge in [-0.05, 0) is 62.9 Å². The molecule has 4 aromatic rings. The van der Waals surface area contributed by atoms with Gasteiger partial charge in [0.25, 0.3) is 0 Å². The Hall–Kier alpha value is -3.94. The molecule has 8 nitrogen and oxygen atoms in total. The highest BCUT2D eigenvalue weighted by atomic mass is 16.6. The number of nitrogens with one attached hydrogen (secondary N) is 1. The Balaban J connectivity index is 1.68. The van der Waals surface area contributed by atoms with Crippen molar-refractivity contribution in [2.75, 3.05) is 12.4 Å². The van der Waals surface area contributed by atoms with Crippen molar-refractivity contribution in [3.63, 3.8) is 0 Å². The first-order valence-corrected chi connectivity index (χ1v) is 11.1. The molecule has 0 bridgehead atoms. The number of imidazole rings is 1. The first-order valence-electron chi connectivity index (χ1n) is 11.1. The number of methoxy groups -OCH3 is 1. The molecule has 2 aromatic heterocycles. The van der Waals surface area contributed by atoms with E-state index in [1.807, 2.05) is 75.0 Å². The lowest BCUT2D eigenvalue weighted by atomic mass is 10.0. The van der Waals surface area contributed by atoms with Gasteiger partial charge in [-0.3, -0.25) is 5.32 Å². The van der Waals surface area contributed by atoms with Crippen LogP contribution in [0, 0.1) is 0 Å². The van der Waals surface area contributed by atoms with Gasteiger partial charge in [0.2, 0.25) is 0 Å². The summed E-state index contributed by atoms with van der Waals surface area (Å²) in [4.78, 5) is 25.9. The number of carbonyl (C=O) groups is 1. The van der Waals surface area contributed by atoms with Crippen LogP contribution in [-0.4, -0.2) is 38.3 Å². The molecule has 8 heteroatoms. The maximum absolute atomic E-state index is 12.6. The molecule has 1 amide bonds. The molecule has 0 atom stereocenters. The summed E-state index contributed by atoms with van der Waals surface area (Å²) >= 11 is 0. The van der Waals surface area contributed by atoms with Crippen LogP contribution in [0.15, 0.2) is 55.1 Å². The number of nitrogens with zero attached hydrogens (tertiary/aromatic N) is 4. The Labute approximate surface area is 199 Å². The fourth-order valence-corrected chi connectivity index (χ4v) is 3.67. The first kappa shape index (κ1) is 23.2. The number of benzene rings is 2. The second kappa shape index (κ2) is 9.51. The molecule has 0 radical (unpaired) electrons. The third-order valence-electron chi connectivity index (χ3n) is 5.32. The zero-order chi connectivity index (χ0) is 24.3. The van der Waals surface area contributed by atoms with E-state index in [-0.39, 0.29) is 0 Å². The molecule has 176 valence electrons. The molecule has 2 aromatic carbocycles. The van der Waals surface area contributed by atoms with Gasteiger partial charge in [-0.2, -0.15) is 0 Å². The number of ether oxygens (including phenoxy) is 2. The highest BCUT2D eigenvalue weighted by Crippen LogP contribution is 2.33. The van der Waals surface area contributed by atoms with Crippen molar-refractivity contribution in [2.45, 2.75) is 39.2 Å². The second-order valence-electron chi connectivity index (χ2n) is 9.09. The van der Waals surface area contributed by atoms with Crippen LogP contribution in [0.3, 0.4) is 0 Å². The highest BCUT2D eigenvalue weighted by molar-refractivity contribution is 6.03. The number of fused-ring (bicyclic) bond motifs is 1. The fraction of sp³-hybridized carbons (Fsp3) is 0.308. The Kier molecular flexibility index (Phi) is 6.49. The summed E-state index contributed by atoms with van der Waals surface area (Å²) in [5.74, 6) is 1.45. The van der Waals surface area contributed by atoms with Crippen LogP contribution in [0.4, 0.5) is 10.5 Å². The van der Waals surface area contributed by atoms with E-state index in [1.54, 1.807) is 19.6 Å². The summed E-state index contributed by atoms with van der Waals surface area (Å²) < 4.78 is 12.9. The average molecular weight is 460 g/mol. The predicted octanol–water partition coefficient (Wildman–Crippen LogP) is 5.17. The number of hydrogen-bond acceptors (Lipinski definition) is 6. The van der Waals surface area contributed by atoms with Crippen LogP contribution in [0.2, 0.25) is 0 Å². The number of hydrogen-bond donors (Lipinski definition) is 1. The van der Waals surface area contributed by atoms with Gasteiger partial charge in [-0.15, -0.1) is 0 Å². The van der Waals surface area contributed by atoms with Gasteiger partial charge < -0.3 is 14.0 Å². The number of anilines is 1. The van der Waals surface area contributed by atoms with Crippen LogP contribution in [0.5, 0.6) is 5.75 Å². The van der Waals surface area contributed by atoms with Gasteiger partial charge in [-0.25, -0.2) is 19.7 Å². The number of aryl methyl sites for hydroxylation is 3. The van der Waals surface area contributed by atoms with Crippen LogP contribution >= 0.6 is 0 Å². The Morgan fingerprint density at radius 3 is 2.65 bits per heavy atom. The zero-order valence-corrected chi connectivity index (χ0v) is 20.1. The summed E-state index contributed by atoms with van der Waals surface area (Å²) in [5.41, 5.74) is 2.78. The van der Waals surface area contributed by atoms with Gasteiger partial charge in [-0.1, -0.05) is 6.07 Å². The molecule has 0 spiro atoms. The van der Waals surface area contributed by atoms with Crippen molar-refractivity contribution in [3.8, 4) is 17.0 Å². The highest BCUT2D eigenvalue weighted by Gasteiger charge is 2.18. The molecule has 0 aliphatic heterocycles. The maximum atomic E-state index is 12.6. The molecular weight excluding hydrogens is 430 g/mol. The normalized spacial score (nSPS) is 11.4. The van der Waals surface area contributed by atoms with E-state index in [4.69, 9.17) is 14.5 Å². The Bertz CT molecular complexity index is 1320. The molecule has 4 rings (SSSR count).